The van der Waals surface area contributed by atoms with Crippen LogP contribution in [0.3, 0.4) is 0 Å². The minimum absolute atomic E-state index is 0.0320. The summed E-state index contributed by atoms with van der Waals surface area (Å²) in [7, 11) is 1.26. The van der Waals surface area contributed by atoms with Crippen molar-refractivity contribution >= 4 is 29.1 Å². The molecule has 39 heavy (non-hydrogen) atoms. The summed E-state index contributed by atoms with van der Waals surface area (Å²) in [5, 5.41) is 2.72. The number of methoxy groups -OCH3 is 1. The van der Waals surface area contributed by atoms with E-state index in [4.69, 9.17) is 5.73 Å². The van der Waals surface area contributed by atoms with Gasteiger partial charge in [-0.2, -0.15) is 0 Å². The Bertz CT molecular complexity index is 1230. The molecule has 9 heteroatoms. The first-order chi connectivity index (χ1) is 18.7. The molecule has 0 saturated heterocycles. The molecule has 0 unspecified atom stereocenters. The lowest BCUT2D eigenvalue weighted by molar-refractivity contribution is -0.134. The minimum Gasteiger partial charge on any atom is -0.466 e. The number of ether oxygens (including phenoxy) is 1. The number of Topliss-reactive ketones (excluding diaryl/α,β-unsaturated/α-hetero) is 2. The van der Waals surface area contributed by atoms with Gasteiger partial charge in [0.05, 0.1) is 25.3 Å². The van der Waals surface area contributed by atoms with Gasteiger partial charge in [-0.3, -0.25) is 19.2 Å². The zero-order chi connectivity index (χ0) is 28.8. The van der Waals surface area contributed by atoms with Gasteiger partial charge < -0.3 is 20.4 Å². The number of rotatable bonds is 16. The van der Waals surface area contributed by atoms with Gasteiger partial charge in [0.25, 0.3) is 11.5 Å². The maximum atomic E-state index is 13.3. The molecule has 0 aliphatic carbocycles. The van der Waals surface area contributed by atoms with Crippen molar-refractivity contribution in [3.8, 4) is 0 Å². The number of nitrogens with two attached hydrogens (primary N) is 1. The standard InChI is InChI=1S/C30H39N3O6/c1-4-21(5-2)16-17-23(34)20-33-18-10-11-22(30(33)38)19-27(35)26(14-8-9-15-28(36)39-3)32-29(37)24-12-6-7-13-25(24)31/h6-7,9-13,15,18,21,26H,4-5,8,14,16-17,19-20,31H2,1-3H3,(H,32,37)/b15-9+/t26-/m0/s1. The fourth-order valence-corrected chi connectivity index (χ4v) is 4.25. The van der Waals surface area contributed by atoms with Crippen LogP contribution >= 0.6 is 0 Å². The van der Waals surface area contributed by atoms with Gasteiger partial charge >= 0.3 is 5.97 Å². The van der Waals surface area contributed by atoms with E-state index in [2.05, 4.69) is 23.9 Å². The van der Waals surface area contributed by atoms with Gasteiger partial charge in [0.2, 0.25) is 0 Å². The molecule has 0 fully saturated rings. The molecule has 210 valence electrons. The van der Waals surface area contributed by atoms with Crippen molar-refractivity contribution in [1.29, 1.82) is 0 Å². The fraction of sp³-hybridized carbons (Fsp3) is 0.433. The van der Waals surface area contributed by atoms with Crippen LogP contribution in [0.25, 0.3) is 0 Å². The molecule has 1 amide bonds. The number of aromatic nitrogens is 1. The monoisotopic (exact) mass is 537 g/mol. The molecule has 0 bridgehead atoms. The smallest absolute Gasteiger partial charge is 0.330 e. The predicted octanol–water partition coefficient (Wildman–Crippen LogP) is 3.64. The molecule has 1 aromatic carbocycles. The molecule has 2 rings (SSSR count). The Kier molecular flexibility index (Phi) is 12.9. The van der Waals surface area contributed by atoms with Gasteiger partial charge in [-0.25, -0.2) is 4.79 Å². The molecule has 1 atom stereocenters. The van der Waals surface area contributed by atoms with E-state index >= 15 is 0 Å². The summed E-state index contributed by atoms with van der Waals surface area (Å²) < 4.78 is 5.90. The Hall–Kier alpha value is -4.01. The van der Waals surface area contributed by atoms with E-state index in [0.717, 1.165) is 19.3 Å². The number of esters is 1. The van der Waals surface area contributed by atoms with Crippen LogP contribution in [0.4, 0.5) is 5.69 Å². The van der Waals surface area contributed by atoms with Gasteiger partial charge in [0.15, 0.2) is 11.6 Å². The predicted molar refractivity (Wildman–Crippen MR) is 150 cm³/mol. The van der Waals surface area contributed by atoms with E-state index < -0.39 is 23.5 Å². The number of nitrogens with zero attached hydrogens (tertiary/aromatic N) is 1. The van der Waals surface area contributed by atoms with E-state index in [0.29, 0.717) is 18.8 Å². The first-order valence-electron chi connectivity index (χ1n) is 13.3. The lowest BCUT2D eigenvalue weighted by Crippen LogP contribution is -2.42. The molecule has 0 aliphatic heterocycles. The minimum atomic E-state index is -0.936. The summed E-state index contributed by atoms with van der Waals surface area (Å²) in [5.74, 6) is -0.972. The fourth-order valence-electron chi connectivity index (χ4n) is 4.25. The van der Waals surface area contributed by atoms with E-state index in [1.165, 1.54) is 17.8 Å². The first kappa shape index (κ1) is 31.2. The van der Waals surface area contributed by atoms with E-state index in [1.54, 1.807) is 48.7 Å². The van der Waals surface area contributed by atoms with Crippen LogP contribution in [0.5, 0.6) is 0 Å². The maximum Gasteiger partial charge on any atom is 0.330 e. The summed E-state index contributed by atoms with van der Waals surface area (Å²) in [6.07, 6.45) is 7.82. The highest BCUT2D eigenvalue weighted by molar-refractivity contribution is 6.01. The van der Waals surface area contributed by atoms with Gasteiger partial charge in [-0.1, -0.05) is 51.0 Å². The zero-order valence-corrected chi connectivity index (χ0v) is 23.0. The lowest BCUT2D eigenvalue weighted by atomic mass is 9.96. The van der Waals surface area contributed by atoms with Crippen LogP contribution in [0.2, 0.25) is 0 Å². The van der Waals surface area contributed by atoms with Crippen molar-refractivity contribution in [1.82, 2.24) is 9.88 Å². The van der Waals surface area contributed by atoms with Crippen molar-refractivity contribution in [3.63, 3.8) is 0 Å². The number of carbonyl (C=O) groups excluding carboxylic acids is 4. The number of nitrogen functional groups attached to an aromatic ring is 1. The third-order valence-corrected chi connectivity index (χ3v) is 6.77. The second kappa shape index (κ2) is 16.1. The summed E-state index contributed by atoms with van der Waals surface area (Å²) in [6.45, 7) is 4.15. The van der Waals surface area contributed by atoms with Gasteiger partial charge in [0, 0.05) is 36.4 Å². The number of ketones is 2. The molecule has 2 aromatic rings. The number of carbonyl (C=O) groups is 4. The molecule has 0 aliphatic rings. The normalized spacial score (nSPS) is 11.9. The molecule has 1 heterocycles. The summed E-state index contributed by atoms with van der Waals surface area (Å²) in [6, 6.07) is 8.76. The third kappa shape index (κ3) is 10.00. The molecule has 0 radical (unpaired) electrons. The average Bonchev–Trinajstić information content (AvgIpc) is 2.93. The van der Waals surface area contributed by atoms with Gasteiger partial charge in [-0.15, -0.1) is 0 Å². The number of pyridine rings is 1. The number of benzene rings is 1. The van der Waals surface area contributed by atoms with Crippen LogP contribution in [-0.4, -0.2) is 41.2 Å². The number of amides is 1. The Balaban J connectivity index is 2.16. The molecule has 3 N–H and O–H groups in total. The summed E-state index contributed by atoms with van der Waals surface area (Å²) in [4.78, 5) is 63.1. The van der Waals surface area contributed by atoms with Crippen LogP contribution in [-0.2, 0) is 32.1 Å². The zero-order valence-electron chi connectivity index (χ0n) is 23.0. The topological polar surface area (TPSA) is 138 Å². The first-order valence-corrected chi connectivity index (χ1v) is 13.3. The van der Waals surface area contributed by atoms with Crippen LogP contribution in [0.15, 0.2) is 59.5 Å². The van der Waals surface area contributed by atoms with Crippen LogP contribution < -0.4 is 16.6 Å². The number of para-hydroxylation sites is 1. The number of nitrogens with one attached hydrogen (secondary N) is 1. The highest BCUT2D eigenvalue weighted by atomic mass is 16.5. The van der Waals surface area contributed by atoms with Crippen molar-refractivity contribution < 1.29 is 23.9 Å². The van der Waals surface area contributed by atoms with Crippen molar-refractivity contribution in [3.05, 3.63) is 76.2 Å². The van der Waals surface area contributed by atoms with Gasteiger partial charge in [0.1, 0.15) is 0 Å². The Labute approximate surface area is 229 Å². The summed E-state index contributed by atoms with van der Waals surface area (Å²) in [5.41, 5.74) is 6.24. The van der Waals surface area contributed by atoms with Crippen molar-refractivity contribution in [2.24, 2.45) is 5.92 Å². The molecule has 0 spiro atoms. The van der Waals surface area contributed by atoms with Gasteiger partial charge in [-0.05, 0) is 43.4 Å². The largest absolute Gasteiger partial charge is 0.466 e. The number of hydrogen-bond acceptors (Lipinski definition) is 7. The molecular weight excluding hydrogens is 498 g/mol. The SMILES string of the molecule is CCC(CC)CCC(=O)Cn1cccc(CC(=O)[C@H](CC/C=C/C(=O)OC)NC(=O)c2ccccc2N)c1=O. The quantitative estimate of drug-likeness (QED) is 0.189. The second-order valence-electron chi connectivity index (χ2n) is 9.49. The molecule has 0 saturated carbocycles. The molecule has 1 aromatic heterocycles. The van der Waals surface area contributed by atoms with Crippen LogP contribution in [0.1, 0.15) is 68.3 Å². The second-order valence-corrected chi connectivity index (χ2v) is 9.49. The van der Waals surface area contributed by atoms with Crippen LogP contribution in [0, 0.1) is 5.92 Å². The average molecular weight is 538 g/mol. The number of anilines is 1. The van der Waals surface area contributed by atoms with Crippen molar-refractivity contribution in [2.75, 3.05) is 12.8 Å². The maximum absolute atomic E-state index is 13.3. The molecule has 9 nitrogen and oxygen atoms in total. The Morgan fingerprint density at radius 1 is 1.05 bits per heavy atom. The summed E-state index contributed by atoms with van der Waals surface area (Å²) >= 11 is 0. The Morgan fingerprint density at radius 3 is 2.44 bits per heavy atom. The lowest BCUT2D eigenvalue weighted by Gasteiger charge is -2.18. The number of hydrogen-bond donors (Lipinski definition) is 2. The highest BCUT2D eigenvalue weighted by Crippen LogP contribution is 2.15. The Morgan fingerprint density at radius 2 is 1.77 bits per heavy atom. The van der Waals surface area contributed by atoms with Crippen molar-refractivity contribution in [2.45, 2.75) is 71.4 Å². The molecular formula is C30H39N3O6. The van der Waals surface area contributed by atoms with E-state index in [1.807, 2.05) is 0 Å². The van der Waals surface area contributed by atoms with E-state index in [9.17, 15) is 24.0 Å². The number of allylic oxidation sites excluding steroid dienone is 1. The third-order valence-electron chi connectivity index (χ3n) is 6.77. The highest BCUT2D eigenvalue weighted by Gasteiger charge is 2.23. The van der Waals surface area contributed by atoms with E-state index in [-0.39, 0.29) is 47.8 Å².